The lowest BCUT2D eigenvalue weighted by Gasteiger charge is -2.16. The van der Waals surface area contributed by atoms with Crippen LogP contribution in [0.1, 0.15) is 39.3 Å². The summed E-state index contributed by atoms with van der Waals surface area (Å²) in [5, 5.41) is 28.2. The molecule has 0 radical (unpaired) electrons. The van der Waals surface area contributed by atoms with Gasteiger partial charge in [0.15, 0.2) is 0 Å². The Morgan fingerprint density at radius 1 is 0.818 bits per heavy atom. The van der Waals surface area contributed by atoms with Gasteiger partial charge in [0.1, 0.15) is 34.1 Å². The molecule has 0 heterocycles. The smallest absolute Gasteiger partial charge is 0.341 e. The van der Waals surface area contributed by atoms with E-state index in [-0.39, 0.29) is 35.8 Å². The van der Waals surface area contributed by atoms with Crippen LogP contribution in [0.5, 0.6) is 23.0 Å². The SMILES string of the molecule is C.COC(=O)c1c(C)cc(O)cc1O.COC(=O)c1c(C)cc(OCC[Si](C)(C)C)cc1O. The Balaban J connectivity index is 0.000000642. The molecule has 0 aliphatic carbocycles. The molecule has 0 saturated carbocycles. The number of phenolic OH excluding ortho intramolecular Hbond substituents is 3. The molecule has 0 amide bonds. The number of esters is 2. The lowest BCUT2D eigenvalue weighted by Crippen LogP contribution is -2.22. The Kier molecular flexibility index (Phi) is 11.5. The fourth-order valence-corrected chi connectivity index (χ4v) is 3.49. The predicted octanol–water partition coefficient (Wildman–Crippen LogP) is 5.03. The molecule has 184 valence electrons. The van der Waals surface area contributed by atoms with Crippen molar-refractivity contribution < 1.29 is 39.1 Å². The molecule has 3 N–H and O–H groups in total. The van der Waals surface area contributed by atoms with Crippen molar-refractivity contribution in [3.05, 3.63) is 46.5 Å². The Hall–Kier alpha value is -3.20. The summed E-state index contributed by atoms with van der Waals surface area (Å²) >= 11 is 0. The van der Waals surface area contributed by atoms with Crippen molar-refractivity contribution >= 4 is 20.0 Å². The summed E-state index contributed by atoms with van der Waals surface area (Å²) in [6, 6.07) is 6.73. The van der Waals surface area contributed by atoms with Crippen LogP contribution in [0, 0.1) is 13.8 Å². The average molecular weight is 481 g/mol. The van der Waals surface area contributed by atoms with Crippen LogP contribution in [0.2, 0.25) is 25.7 Å². The molecule has 2 aromatic carbocycles. The number of aromatic hydroxyl groups is 3. The third-order valence-electron chi connectivity index (χ3n) is 4.49. The van der Waals surface area contributed by atoms with Gasteiger partial charge in [0.05, 0.1) is 20.8 Å². The normalized spacial score (nSPS) is 10.3. The quantitative estimate of drug-likeness (QED) is 0.388. The molecule has 0 spiro atoms. The van der Waals surface area contributed by atoms with E-state index in [1.165, 1.54) is 26.4 Å². The van der Waals surface area contributed by atoms with E-state index in [1.807, 2.05) is 0 Å². The second-order valence-corrected chi connectivity index (χ2v) is 14.1. The van der Waals surface area contributed by atoms with E-state index in [0.29, 0.717) is 23.5 Å². The Bertz CT molecular complexity index is 917. The van der Waals surface area contributed by atoms with Gasteiger partial charge in [-0.3, -0.25) is 0 Å². The van der Waals surface area contributed by atoms with E-state index in [1.54, 1.807) is 19.9 Å². The van der Waals surface area contributed by atoms with Crippen LogP contribution in [0.15, 0.2) is 24.3 Å². The van der Waals surface area contributed by atoms with Crippen LogP contribution in [0.3, 0.4) is 0 Å². The molecule has 0 atom stereocenters. The summed E-state index contributed by atoms with van der Waals surface area (Å²) in [6.07, 6.45) is 0. The highest BCUT2D eigenvalue weighted by Crippen LogP contribution is 2.29. The minimum absolute atomic E-state index is 0. The number of hydrogen-bond donors (Lipinski definition) is 3. The van der Waals surface area contributed by atoms with Gasteiger partial charge in [0, 0.05) is 20.2 Å². The number of carbonyl (C=O) groups is 2. The molecule has 0 bridgehead atoms. The standard InChI is InChI=1S/C14H22O4Si.C9H10O4.CH4/c1-10-8-11(18-6-7-19(3,4)5)9-12(15)13(10)14(16)17-2;1-5-3-6(10)4-7(11)8(5)9(12)13-2;/h8-9,15H,6-7H2,1-5H3;3-4,10-11H,1-2H3;1H4. The fraction of sp³-hybridized carbons (Fsp3) is 0.417. The van der Waals surface area contributed by atoms with Crippen molar-refractivity contribution in [2.75, 3.05) is 20.8 Å². The van der Waals surface area contributed by atoms with Crippen molar-refractivity contribution in [1.82, 2.24) is 0 Å². The zero-order valence-electron chi connectivity index (χ0n) is 19.6. The van der Waals surface area contributed by atoms with Crippen LogP contribution in [0.4, 0.5) is 0 Å². The minimum atomic E-state index is -1.13. The molecule has 0 saturated heterocycles. The van der Waals surface area contributed by atoms with Gasteiger partial charge in [0.25, 0.3) is 0 Å². The molecule has 0 aliphatic heterocycles. The maximum absolute atomic E-state index is 11.5. The molecular formula is C24H36O8Si. The second kappa shape index (κ2) is 12.7. The largest absolute Gasteiger partial charge is 0.508 e. The maximum Gasteiger partial charge on any atom is 0.341 e. The lowest BCUT2D eigenvalue weighted by molar-refractivity contribution is 0.0587. The lowest BCUT2D eigenvalue weighted by atomic mass is 10.1. The molecule has 0 fully saturated rings. The van der Waals surface area contributed by atoms with E-state index in [9.17, 15) is 19.8 Å². The first-order chi connectivity index (χ1) is 14.8. The number of aryl methyl sites for hydroxylation is 2. The minimum Gasteiger partial charge on any atom is -0.508 e. The van der Waals surface area contributed by atoms with Gasteiger partial charge in [-0.15, -0.1) is 0 Å². The highest BCUT2D eigenvalue weighted by Gasteiger charge is 2.18. The zero-order valence-corrected chi connectivity index (χ0v) is 20.6. The van der Waals surface area contributed by atoms with Gasteiger partial charge in [-0.25, -0.2) is 9.59 Å². The molecule has 0 aromatic heterocycles. The summed E-state index contributed by atoms with van der Waals surface area (Å²) in [6.45, 7) is 10.8. The zero-order chi connectivity index (χ0) is 24.6. The fourth-order valence-electron chi connectivity index (χ4n) is 2.78. The van der Waals surface area contributed by atoms with Gasteiger partial charge in [-0.2, -0.15) is 0 Å². The van der Waals surface area contributed by atoms with Crippen LogP contribution >= 0.6 is 0 Å². The van der Waals surface area contributed by atoms with Crippen molar-refractivity contribution in [2.45, 2.75) is 47.0 Å². The topological polar surface area (TPSA) is 123 Å². The highest BCUT2D eigenvalue weighted by atomic mass is 28.3. The van der Waals surface area contributed by atoms with E-state index in [0.717, 1.165) is 12.1 Å². The molecule has 9 heteroatoms. The van der Waals surface area contributed by atoms with Crippen LogP contribution in [-0.4, -0.2) is 56.2 Å². The molecular weight excluding hydrogens is 444 g/mol. The maximum atomic E-state index is 11.5. The number of benzene rings is 2. The van der Waals surface area contributed by atoms with E-state index in [4.69, 9.17) is 9.84 Å². The van der Waals surface area contributed by atoms with Crippen molar-refractivity contribution in [2.24, 2.45) is 0 Å². The van der Waals surface area contributed by atoms with Gasteiger partial charge in [-0.1, -0.05) is 27.1 Å². The molecule has 2 aromatic rings. The van der Waals surface area contributed by atoms with Crippen molar-refractivity contribution in [3.63, 3.8) is 0 Å². The summed E-state index contributed by atoms with van der Waals surface area (Å²) in [4.78, 5) is 22.6. The van der Waals surface area contributed by atoms with Gasteiger partial charge >= 0.3 is 11.9 Å². The van der Waals surface area contributed by atoms with E-state index < -0.39 is 20.0 Å². The molecule has 8 nitrogen and oxygen atoms in total. The Morgan fingerprint density at radius 2 is 1.27 bits per heavy atom. The molecule has 0 unspecified atom stereocenters. The summed E-state index contributed by atoms with van der Waals surface area (Å²) in [5.74, 6) is -1.03. The van der Waals surface area contributed by atoms with Crippen LogP contribution < -0.4 is 4.74 Å². The van der Waals surface area contributed by atoms with Gasteiger partial charge in [-0.05, 0) is 43.2 Å². The number of rotatable bonds is 6. The number of carbonyl (C=O) groups excluding carboxylic acids is 2. The number of ether oxygens (including phenoxy) is 3. The monoisotopic (exact) mass is 480 g/mol. The highest BCUT2D eigenvalue weighted by molar-refractivity contribution is 6.76. The summed E-state index contributed by atoms with van der Waals surface area (Å²) in [5.41, 5.74) is 1.40. The molecule has 33 heavy (non-hydrogen) atoms. The molecule has 2 rings (SSSR count). The third kappa shape index (κ3) is 9.05. The van der Waals surface area contributed by atoms with Gasteiger partial charge < -0.3 is 29.5 Å². The average Bonchev–Trinajstić information content (AvgIpc) is 2.65. The first-order valence-electron chi connectivity index (χ1n) is 9.96. The first kappa shape index (κ1) is 29.8. The Labute approximate surface area is 196 Å². The second-order valence-electron chi connectivity index (χ2n) is 8.43. The number of methoxy groups -OCH3 is 2. The van der Waals surface area contributed by atoms with E-state index >= 15 is 0 Å². The van der Waals surface area contributed by atoms with Crippen molar-refractivity contribution in [1.29, 1.82) is 0 Å². The summed E-state index contributed by atoms with van der Waals surface area (Å²) in [7, 11) is 1.39. The first-order valence-corrected chi connectivity index (χ1v) is 13.7. The predicted molar refractivity (Wildman–Crippen MR) is 130 cm³/mol. The van der Waals surface area contributed by atoms with Gasteiger partial charge in [0.2, 0.25) is 0 Å². The van der Waals surface area contributed by atoms with E-state index in [2.05, 4.69) is 29.1 Å². The third-order valence-corrected chi connectivity index (χ3v) is 6.19. The van der Waals surface area contributed by atoms with Crippen molar-refractivity contribution in [3.8, 4) is 23.0 Å². The Morgan fingerprint density at radius 3 is 1.67 bits per heavy atom. The number of hydrogen-bond acceptors (Lipinski definition) is 8. The molecule has 0 aliphatic rings. The van der Waals surface area contributed by atoms with Crippen LogP contribution in [-0.2, 0) is 9.47 Å². The number of phenols is 3. The summed E-state index contributed by atoms with van der Waals surface area (Å²) < 4.78 is 14.7. The van der Waals surface area contributed by atoms with Crippen LogP contribution in [0.25, 0.3) is 0 Å².